The molecule has 0 aromatic heterocycles. The van der Waals surface area contributed by atoms with E-state index in [4.69, 9.17) is 15.6 Å². The van der Waals surface area contributed by atoms with Gasteiger partial charge in [0.1, 0.15) is 11.6 Å². The fourth-order valence-electron chi connectivity index (χ4n) is 1.21. The van der Waals surface area contributed by atoms with E-state index in [2.05, 4.69) is 5.32 Å². The van der Waals surface area contributed by atoms with Gasteiger partial charge in [0.25, 0.3) is 0 Å². The number of hydrogen-bond donors (Lipinski definition) is 3. The maximum absolute atomic E-state index is 11.5. The number of esters is 1. The van der Waals surface area contributed by atoms with Crippen LogP contribution in [0.15, 0.2) is 0 Å². The molecule has 4 N–H and O–H groups in total. The van der Waals surface area contributed by atoms with E-state index in [1.807, 2.05) is 0 Å². The third-order valence-electron chi connectivity index (χ3n) is 2.18. The van der Waals surface area contributed by atoms with E-state index in [9.17, 15) is 14.4 Å². The molecule has 0 saturated carbocycles. The van der Waals surface area contributed by atoms with Crippen molar-refractivity contribution in [3.8, 4) is 0 Å². The number of ether oxygens (including phenoxy) is 1. The van der Waals surface area contributed by atoms with Gasteiger partial charge >= 0.3 is 11.9 Å². The number of hydrogen-bond acceptors (Lipinski definition) is 5. The Kier molecular flexibility index (Phi) is 6.47. The Labute approximate surface area is 112 Å². The lowest BCUT2D eigenvalue weighted by Crippen LogP contribution is -2.49. The number of carbonyl (C=O) groups is 3. The summed E-state index contributed by atoms with van der Waals surface area (Å²) in [6, 6.07) is -2.12. The van der Waals surface area contributed by atoms with Gasteiger partial charge in [0.15, 0.2) is 0 Å². The Morgan fingerprint density at radius 1 is 1.32 bits per heavy atom. The highest BCUT2D eigenvalue weighted by molar-refractivity contribution is 5.89. The summed E-state index contributed by atoms with van der Waals surface area (Å²) in [6.07, 6.45) is -0.0562. The van der Waals surface area contributed by atoms with Gasteiger partial charge in [0.05, 0.1) is 12.5 Å². The summed E-state index contributed by atoms with van der Waals surface area (Å²) in [5.74, 6) is -2.59. The summed E-state index contributed by atoms with van der Waals surface area (Å²) in [7, 11) is 0. The molecule has 110 valence electrons. The highest BCUT2D eigenvalue weighted by Crippen LogP contribution is 2.09. The monoisotopic (exact) mass is 274 g/mol. The van der Waals surface area contributed by atoms with Crippen LogP contribution in [0, 0.1) is 0 Å². The lowest BCUT2D eigenvalue weighted by molar-refractivity contribution is -0.158. The number of nitrogens with one attached hydrogen (secondary N) is 1. The number of carboxylic acid groups (broad SMARTS) is 1. The minimum absolute atomic E-state index is 0.380. The number of amides is 1. The highest BCUT2D eigenvalue weighted by atomic mass is 16.6. The molecule has 0 fully saturated rings. The molecule has 0 aromatic carbocycles. The highest BCUT2D eigenvalue weighted by Gasteiger charge is 2.27. The molecule has 0 rings (SSSR count). The van der Waals surface area contributed by atoms with Gasteiger partial charge in [-0.1, -0.05) is 6.92 Å². The van der Waals surface area contributed by atoms with Gasteiger partial charge in [-0.15, -0.1) is 0 Å². The quantitative estimate of drug-likeness (QED) is 0.588. The smallest absolute Gasteiger partial charge is 0.326 e. The second-order valence-electron chi connectivity index (χ2n) is 5.20. The van der Waals surface area contributed by atoms with E-state index in [1.54, 1.807) is 27.7 Å². The van der Waals surface area contributed by atoms with Crippen molar-refractivity contribution in [2.24, 2.45) is 5.73 Å². The van der Waals surface area contributed by atoms with E-state index in [0.717, 1.165) is 0 Å². The molecule has 0 aliphatic carbocycles. The third kappa shape index (κ3) is 7.40. The maximum Gasteiger partial charge on any atom is 0.326 e. The predicted octanol–water partition coefficient (Wildman–Crippen LogP) is 0.0249. The standard InChI is InChI=1S/C12H22N2O5/c1-5-7(13)10(16)14-8(11(17)18)6-9(15)19-12(2,3)4/h7-8H,5-6,13H2,1-4H3,(H,14,16)(H,17,18)/t7?,8-/m0/s1. The molecule has 0 aromatic rings. The lowest BCUT2D eigenvalue weighted by Gasteiger charge is -2.22. The summed E-state index contributed by atoms with van der Waals surface area (Å²) in [5.41, 5.74) is 4.77. The number of aliphatic carboxylic acids is 1. The first-order valence-electron chi connectivity index (χ1n) is 6.07. The van der Waals surface area contributed by atoms with Crippen LogP contribution in [0.4, 0.5) is 0 Å². The minimum atomic E-state index is -1.33. The molecule has 2 atom stereocenters. The number of carbonyl (C=O) groups excluding carboxylic acids is 2. The second-order valence-corrected chi connectivity index (χ2v) is 5.20. The largest absolute Gasteiger partial charge is 0.480 e. The van der Waals surface area contributed by atoms with Crippen LogP contribution in [0.25, 0.3) is 0 Å². The Bertz CT molecular complexity index is 349. The van der Waals surface area contributed by atoms with Crippen molar-refractivity contribution in [3.05, 3.63) is 0 Å². The molecule has 1 amide bonds. The van der Waals surface area contributed by atoms with Gasteiger partial charge in [0, 0.05) is 0 Å². The van der Waals surface area contributed by atoms with Crippen molar-refractivity contribution in [3.63, 3.8) is 0 Å². The van der Waals surface area contributed by atoms with Crippen LogP contribution in [-0.4, -0.2) is 40.6 Å². The van der Waals surface area contributed by atoms with Crippen LogP contribution in [-0.2, 0) is 19.1 Å². The summed E-state index contributed by atoms with van der Waals surface area (Å²) in [6.45, 7) is 6.72. The molecule has 0 spiro atoms. The molecule has 0 radical (unpaired) electrons. The van der Waals surface area contributed by atoms with E-state index in [-0.39, 0.29) is 0 Å². The van der Waals surface area contributed by atoms with Crippen molar-refractivity contribution in [2.45, 2.75) is 58.2 Å². The number of rotatable bonds is 6. The fourth-order valence-corrected chi connectivity index (χ4v) is 1.21. The first-order valence-corrected chi connectivity index (χ1v) is 6.07. The van der Waals surface area contributed by atoms with E-state index < -0.39 is 42.0 Å². The van der Waals surface area contributed by atoms with Crippen LogP contribution in [0.1, 0.15) is 40.5 Å². The van der Waals surface area contributed by atoms with Gasteiger partial charge < -0.3 is 20.9 Å². The zero-order valence-electron chi connectivity index (χ0n) is 11.7. The molecule has 1 unspecified atom stereocenters. The van der Waals surface area contributed by atoms with Crippen LogP contribution in [0.5, 0.6) is 0 Å². The second kappa shape index (κ2) is 7.08. The van der Waals surface area contributed by atoms with Gasteiger partial charge in [-0.25, -0.2) is 4.79 Å². The zero-order valence-corrected chi connectivity index (χ0v) is 11.7. The first-order chi connectivity index (χ1) is 8.56. The Hall–Kier alpha value is -1.63. The molecule has 0 aliphatic heterocycles. The summed E-state index contributed by atoms with van der Waals surface area (Å²) in [4.78, 5) is 34.0. The normalized spacial score (nSPS) is 14.4. The minimum Gasteiger partial charge on any atom is -0.480 e. The van der Waals surface area contributed by atoms with Gasteiger partial charge in [-0.05, 0) is 27.2 Å². The van der Waals surface area contributed by atoms with Crippen LogP contribution < -0.4 is 11.1 Å². The van der Waals surface area contributed by atoms with Crippen molar-refractivity contribution < 1.29 is 24.2 Å². The lowest BCUT2D eigenvalue weighted by atomic mass is 10.1. The number of nitrogens with two attached hydrogens (primary N) is 1. The van der Waals surface area contributed by atoms with Crippen LogP contribution in [0.3, 0.4) is 0 Å². The Balaban J connectivity index is 4.55. The molecular formula is C12H22N2O5. The molecule has 0 heterocycles. The van der Waals surface area contributed by atoms with E-state index in [1.165, 1.54) is 0 Å². The molecule has 0 bridgehead atoms. The van der Waals surface area contributed by atoms with Gasteiger partial charge in [-0.3, -0.25) is 9.59 Å². The first kappa shape index (κ1) is 17.4. The molecule has 7 nitrogen and oxygen atoms in total. The van der Waals surface area contributed by atoms with E-state index in [0.29, 0.717) is 6.42 Å². The van der Waals surface area contributed by atoms with Crippen molar-refractivity contribution >= 4 is 17.8 Å². The zero-order chi connectivity index (χ0) is 15.2. The number of carboxylic acids is 1. The maximum atomic E-state index is 11.5. The molecule has 7 heteroatoms. The van der Waals surface area contributed by atoms with Crippen LogP contribution in [0.2, 0.25) is 0 Å². The average Bonchev–Trinajstić information content (AvgIpc) is 2.24. The summed E-state index contributed by atoms with van der Waals surface area (Å²) < 4.78 is 5.00. The summed E-state index contributed by atoms with van der Waals surface area (Å²) >= 11 is 0. The molecule has 19 heavy (non-hydrogen) atoms. The molecule has 0 aliphatic rings. The van der Waals surface area contributed by atoms with E-state index >= 15 is 0 Å². The topological polar surface area (TPSA) is 119 Å². The summed E-state index contributed by atoms with van der Waals surface area (Å²) in [5, 5.41) is 11.2. The third-order valence-corrected chi connectivity index (χ3v) is 2.18. The Morgan fingerprint density at radius 2 is 1.84 bits per heavy atom. The molecular weight excluding hydrogens is 252 g/mol. The fraction of sp³-hybridized carbons (Fsp3) is 0.750. The van der Waals surface area contributed by atoms with Gasteiger partial charge in [0.2, 0.25) is 5.91 Å². The van der Waals surface area contributed by atoms with Gasteiger partial charge in [-0.2, -0.15) is 0 Å². The SMILES string of the molecule is CCC(N)C(=O)N[C@@H](CC(=O)OC(C)(C)C)C(=O)O. The van der Waals surface area contributed by atoms with Crippen molar-refractivity contribution in [1.82, 2.24) is 5.32 Å². The average molecular weight is 274 g/mol. The predicted molar refractivity (Wildman–Crippen MR) is 68.3 cm³/mol. The Morgan fingerprint density at radius 3 is 2.21 bits per heavy atom. The van der Waals surface area contributed by atoms with Crippen molar-refractivity contribution in [1.29, 1.82) is 0 Å². The van der Waals surface area contributed by atoms with Crippen molar-refractivity contribution in [2.75, 3.05) is 0 Å². The van der Waals surface area contributed by atoms with Crippen LogP contribution >= 0.6 is 0 Å². The molecule has 0 saturated heterocycles.